The molecule has 2 N–H and O–H groups in total. The van der Waals surface area contributed by atoms with Gasteiger partial charge in [-0.25, -0.2) is 13.1 Å². The van der Waals surface area contributed by atoms with Crippen molar-refractivity contribution in [2.24, 2.45) is 5.92 Å². The Morgan fingerprint density at radius 1 is 1.44 bits per heavy atom. The molecule has 6 heteroatoms. The van der Waals surface area contributed by atoms with Gasteiger partial charge >= 0.3 is 0 Å². The first-order chi connectivity index (χ1) is 7.68. The first kappa shape index (κ1) is 11.5. The van der Waals surface area contributed by atoms with E-state index in [0.717, 1.165) is 19.5 Å². The maximum Gasteiger partial charge on any atom is 0.240 e. The van der Waals surface area contributed by atoms with Crippen LogP contribution in [0.4, 0.5) is 0 Å². The van der Waals surface area contributed by atoms with Gasteiger partial charge in [-0.1, -0.05) is 0 Å². The number of sulfonamides is 1. The molecular formula is C10H15N3O2S. The normalized spacial score (nSPS) is 21.1. The Morgan fingerprint density at radius 3 is 2.81 bits per heavy atom. The van der Waals surface area contributed by atoms with Gasteiger partial charge in [-0.3, -0.25) is 4.98 Å². The van der Waals surface area contributed by atoms with Gasteiger partial charge in [0.15, 0.2) is 0 Å². The van der Waals surface area contributed by atoms with Crippen molar-refractivity contribution < 1.29 is 8.42 Å². The van der Waals surface area contributed by atoms with E-state index < -0.39 is 10.0 Å². The van der Waals surface area contributed by atoms with Crippen LogP contribution < -0.4 is 10.0 Å². The van der Waals surface area contributed by atoms with Crippen molar-refractivity contribution in [1.82, 2.24) is 15.0 Å². The molecule has 0 amide bonds. The van der Waals surface area contributed by atoms with Gasteiger partial charge in [0.1, 0.15) is 0 Å². The molecule has 0 radical (unpaired) electrons. The molecule has 2 heterocycles. The highest BCUT2D eigenvalue weighted by Crippen LogP contribution is 2.09. The molecule has 1 aromatic rings. The molecule has 88 valence electrons. The molecule has 2 rings (SSSR count). The molecule has 1 aromatic heterocycles. The predicted octanol–water partition coefficient (Wildman–Crippen LogP) is -0.0306. The Balaban J connectivity index is 1.98. The van der Waals surface area contributed by atoms with Crippen LogP contribution in [0.3, 0.4) is 0 Å². The summed E-state index contributed by atoms with van der Waals surface area (Å²) in [4.78, 5) is 4.07. The van der Waals surface area contributed by atoms with E-state index in [-0.39, 0.29) is 4.90 Å². The minimum atomic E-state index is -3.37. The smallest absolute Gasteiger partial charge is 0.240 e. The van der Waals surface area contributed by atoms with E-state index in [4.69, 9.17) is 0 Å². The molecule has 0 spiro atoms. The van der Waals surface area contributed by atoms with Gasteiger partial charge in [-0.2, -0.15) is 0 Å². The molecule has 0 aromatic carbocycles. The quantitative estimate of drug-likeness (QED) is 0.776. The highest BCUT2D eigenvalue weighted by atomic mass is 32.2. The van der Waals surface area contributed by atoms with Crippen molar-refractivity contribution in [1.29, 1.82) is 0 Å². The molecule has 16 heavy (non-hydrogen) atoms. The zero-order chi connectivity index (χ0) is 11.4. The number of aromatic nitrogens is 1. The van der Waals surface area contributed by atoms with Crippen molar-refractivity contribution in [3.8, 4) is 0 Å². The largest absolute Gasteiger partial charge is 0.316 e. The zero-order valence-corrected chi connectivity index (χ0v) is 9.70. The number of nitrogens with zero attached hydrogens (tertiary/aromatic N) is 1. The molecule has 1 unspecified atom stereocenters. The average Bonchev–Trinajstić information content (AvgIpc) is 2.81. The fraction of sp³-hybridized carbons (Fsp3) is 0.500. The standard InChI is InChI=1S/C10H15N3O2S/c14-16(15,10-2-5-11-6-3-10)13-8-9-1-4-12-7-9/h2-3,5-6,9,12-13H,1,4,7-8H2. The molecule has 5 nitrogen and oxygen atoms in total. The predicted molar refractivity (Wildman–Crippen MR) is 60.4 cm³/mol. The lowest BCUT2D eigenvalue weighted by molar-refractivity contribution is 0.538. The third-order valence-electron chi connectivity index (χ3n) is 2.68. The molecule has 1 aliphatic heterocycles. The van der Waals surface area contributed by atoms with Crippen LogP contribution in [-0.4, -0.2) is 33.0 Å². The Morgan fingerprint density at radius 2 is 2.19 bits per heavy atom. The summed E-state index contributed by atoms with van der Waals surface area (Å²) in [6, 6.07) is 2.99. The van der Waals surface area contributed by atoms with Crippen molar-refractivity contribution in [2.75, 3.05) is 19.6 Å². The van der Waals surface area contributed by atoms with Crippen LogP contribution in [0.25, 0.3) is 0 Å². The number of pyridine rings is 1. The van der Waals surface area contributed by atoms with Gasteiger partial charge in [-0.15, -0.1) is 0 Å². The van der Waals surface area contributed by atoms with E-state index in [0.29, 0.717) is 12.5 Å². The second-order valence-corrected chi connectivity index (χ2v) is 5.66. The molecule has 1 aliphatic rings. The Labute approximate surface area is 95.3 Å². The van der Waals surface area contributed by atoms with Gasteiger partial charge in [0, 0.05) is 18.9 Å². The molecule has 1 atom stereocenters. The summed E-state index contributed by atoms with van der Waals surface area (Å²) in [5.41, 5.74) is 0. The fourth-order valence-electron chi connectivity index (χ4n) is 1.72. The Hall–Kier alpha value is -0.980. The van der Waals surface area contributed by atoms with Gasteiger partial charge in [0.25, 0.3) is 0 Å². The topological polar surface area (TPSA) is 71.1 Å². The monoisotopic (exact) mass is 241 g/mol. The van der Waals surface area contributed by atoms with E-state index in [2.05, 4.69) is 15.0 Å². The summed E-state index contributed by atoms with van der Waals surface area (Å²) < 4.78 is 26.3. The Kier molecular flexibility index (Phi) is 3.52. The number of hydrogen-bond acceptors (Lipinski definition) is 4. The highest BCUT2D eigenvalue weighted by molar-refractivity contribution is 7.89. The maximum atomic E-state index is 11.8. The van der Waals surface area contributed by atoms with Gasteiger partial charge in [0.2, 0.25) is 10.0 Å². The van der Waals surface area contributed by atoms with E-state index in [1.807, 2.05) is 0 Å². The molecule has 0 aliphatic carbocycles. The summed E-state index contributed by atoms with van der Waals surface area (Å²) >= 11 is 0. The maximum absolute atomic E-state index is 11.8. The zero-order valence-electron chi connectivity index (χ0n) is 8.89. The van der Waals surface area contributed by atoms with Crippen molar-refractivity contribution in [3.63, 3.8) is 0 Å². The van der Waals surface area contributed by atoms with Crippen molar-refractivity contribution >= 4 is 10.0 Å². The number of rotatable bonds is 4. The fourth-order valence-corrected chi connectivity index (χ4v) is 2.82. The minimum absolute atomic E-state index is 0.272. The summed E-state index contributed by atoms with van der Waals surface area (Å²) in [5.74, 6) is 0.400. The van der Waals surface area contributed by atoms with Crippen LogP contribution in [-0.2, 0) is 10.0 Å². The van der Waals surface area contributed by atoms with Crippen LogP contribution in [0.1, 0.15) is 6.42 Å². The van der Waals surface area contributed by atoms with Crippen molar-refractivity contribution in [3.05, 3.63) is 24.5 Å². The molecule has 1 saturated heterocycles. The van der Waals surface area contributed by atoms with Gasteiger partial charge in [0.05, 0.1) is 4.90 Å². The number of nitrogens with one attached hydrogen (secondary N) is 2. The first-order valence-corrected chi connectivity index (χ1v) is 6.77. The van der Waals surface area contributed by atoms with E-state index in [1.165, 1.54) is 24.5 Å². The van der Waals surface area contributed by atoms with Crippen LogP contribution >= 0.6 is 0 Å². The lowest BCUT2D eigenvalue weighted by Crippen LogP contribution is -2.30. The molecular weight excluding hydrogens is 226 g/mol. The molecule has 0 saturated carbocycles. The van der Waals surface area contributed by atoms with Crippen LogP contribution in [0.2, 0.25) is 0 Å². The second kappa shape index (κ2) is 4.90. The first-order valence-electron chi connectivity index (χ1n) is 5.29. The van der Waals surface area contributed by atoms with Gasteiger partial charge in [-0.05, 0) is 37.6 Å². The summed E-state index contributed by atoms with van der Waals surface area (Å²) in [7, 11) is -3.37. The third kappa shape index (κ3) is 2.78. The minimum Gasteiger partial charge on any atom is -0.316 e. The summed E-state index contributed by atoms with van der Waals surface area (Å²) in [6.07, 6.45) is 3.98. The third-order valence-corrected chi connectivity index (χ3v) is 4.12. The van der Waals surface area contributed by atoms with Gasteiger partial charge < -0.3 is 5.32 Å². The number of hydrogen-bond donors (Lipinski definition) is 2. The SMILES string of the molecule is O=S(=O)(NCC1CCNC1)c1ccncc1. The summed E-state index contributed by atoms with van der Waals surface area (Å²) in [5, 5.41) is 3.20. The average molecular weight is 241 g/mol. The highest BCUT2D eigenvalue weighted by Gasteiger charge is 2.19. The lowest BCUT2D eigenvalue weighted by atomic mass is 10.1. The van der Waals surface area contributed by atoms with E-state index in [9.17, 15) is 8.42 Å². The summed E-state index contributed by atoms with van der Waals surface area (Å²) in [6.45, 7) is 2.36. The molecule has 0 bridgehead atoms. The Bertz CT molecular complexity index is 427. The van der Waals surface area contributed by atoms with Crippen LogP contribution in [0, 0.1) is 5.92 Å². The van der Waals surface area contributed by atoms with Crippen LogP contribution in [0.5, 0.6) is 0 Å². The van der Waals surface area contributed by atoms with Crippen LogP contribution in [0.15, 0.2) is 29.4 Å². The molecule has 1 fully saturated rings. The second-order valence-electron chi connectivity index (χ2n) is 3.89. The van der Waals surface area contributed by atoms with E-state index >= 15 is 0 Å². The van der Waals surface area contributed by atoms with E-state index in [1.54, 1.807) is 0 Å². The van der Waals surface area contributed by atoms with Crippen molar-refractivity contribution in [2.45, 2.75) is 11.3 Å². The lowest BCUT2D eigenvalue weighted by Gasteiger charge is -2.10.